The van der Waals surface area contributed by atoms with Crippen LogP contribution in [0.4, 0.5) is 0 Å². The maximum atomic E-state index is 6.05. The van der Waals surface area contributed by atoms with E-state index in [1.807, 2.05) is 66.7 Å². The third-order valence-corrected chi connectivity index (χ3v) is 3.88. The number of methoxy groups -OCH3 is 1. The van der Waals surface area contributed by atoms with Gasteiger partial charge in [0.15, 0.2) is 0 Å². The molecule has 0 bridgehead atoms. The molecular formula is C20H22O4. The van der Waals surface area contributed by atoms with Crippen LogP contribution >= 0.6 is 0 Å². The minimum Gasteiger partial charge on any atom is -0.470 e. The van der Waals surface area contributed by atoms with E-state index in [-0.39, 0.29) is 12.2 Å². The van der Waals surface area contributed by atoms with E-state index >= 15 is 0 Å². The van der Waals surface area contributed by atoms with Crippen LogP contribution in [-0.4, -0.2) is 25.6 Å². The molecule has 126 valence electrons. The molecule has 1 heterocycles. The molecule has 3 rings (SSSR count). The third kappa shape index (κ3) is 4.45. The largest absolute Gasteiger partial charge is 0.470 e. The molecule has 0 spiro atoms. The van der Waals surface area contributed by atoms with Crippen molar-refractivity contribution in [3.05, 3.63) is 84.1 Å². The highest BCUT2D eigenvalue weighted by Crippen LogP contribution is 2.22. The standard InChI is InChI=1S/C20H22O4/c1-21-20-19(24-15-17-10-6-3-7-11-17)18(12-13-22-20)23-14-16-8-4-2-5-9-16/h2-13,18-20H,14-15H2,1H3/t18?,19-,20+/m1/s1. The molecule has 0 saturated heterocycles. The van der Waals surface area contributed by atoms with Crippen molar-refractivity contribution < 1.29 is 18.9 Å². The summed E-state index contributed by atoms with van der Waals surface area (Å²) in [6.07, 6.45) is 2.44. The molecule has 4 heteroatoms. The molecule has 1 unspecified atom stereocenters. The van der Waals surface area contributed by atoms with E-state index in [4.69, 9.17) is 18.9 Å². The summed E-state index contributed by atoms with van der Waals surface area (Å²) in [6, 6.07) is 20.1. The van der Waals surface area contributed by atoms with Gasteiger partial charge in [0, 0.05) is 7.11 Å². The van der Waals surface area contributed by atoms with Crippen LogP contribution in [-0.2, 0) is 32.2 Å². The van der Waals surface area contributed by atoms with Gasteiger partial charge in [-0.1, -0.05) is 60.7 Å². The maximum Gasteiger partial charge on any atom is 0.228 e. The Hall–Kier alpha value is -2.14. The Bertz CT molecular complexity index is 627. The minimum atomic E-state index is -0.487. The van der Waals surface area contributed by atoms with E-state index in [0.717, 1.165) is 11.1 Å². The third-order valence-electron chi connectivity index (χ3n) is 3.88. The van der Waals surface area contributed by atoms with Crippen LogP contribution in [0.2, 0.25) is 0 Å². The number of hydrogen-bond acceptors (Lipinski definition) is 4. The van der Waals surface area contributed by atoms with Crippen LogP contribution in [0, 0.1) is 0 Å². The highest BCUT2D eigenvalue weighted by atomic mass is 16.7. The first-order chi connectivity index (χ1) is 11.9. The van der Waals surface area contributed by atoms with Gasteiger partial charge < -0.3 is 18.9 Å². The Labute approximate surface area is 142 Å². The molecule has 24 heavy (non-hydrogen) atoms. The zero-order valence-electron chi connectivity index (χ0n) is 13.7. The lowest BCUT2D eigenvalue weighted by Gasteiger charge is -2.33. The van der Waals surface area contributed by atoms with Crippen molar-refractivity contribution in [2.75, 3.05) is 7.11 Å². The molecule has 1 aliphatic heterocycles. The Morgan fingerprint density at radius 2 is 1.42 bits per heavy atom. The molecule has 0 N–H and O–H groups in total. The average Bonchev–Trinajstić information content (AvgIpc) is 2.66. The predicted octanol–water partition coefficient (Wildman–Crippen LogP) is 3.67. The van der Waals surface area contributed by atoms with Crippen molar-refractivity contribution in [2.24, 2.45) is 0 Å². The summed E-state index contributed by atoms with van der Waals surface area (Å²) in [7, 11) is 1.61. The molecule has 2 aromatic rings. The van der Waals surface area contributed by atoms with Gasteiger partial charge in [0.05, 0.1) is 19.5 Å². The van der Waals surface area contributed by atoms with Crippen molar-refractivity contribution in [3.63, 3.8) is 0 Å². The van der Waals surface area contributed by atoms with Gasteiger partial charge in [0.1, 0.15) is 12.2 Å². The van der Waals surface area contributed by atoms with Crippen LogP contribution in [0.25, 0.3) is 0 Å². The number of ether oxygens (including phenoxy) is 4. The second-order valence-corrected chi connectivity index (χ2v) is 5.59. The van der Waals surface area contributed by atoms with E-state index in [1.165, 1.54) is 0 Å². The molecule has 0 fully saturated rings. The first-order valence-corrected chi connectivity index (χ1v) is 8.03. The highest BCUT2D eigenvalue weighted by Gasteiger charge is 2.34. The van der Waals surface area contributed by atoms with Gasteiger partial charge in [0.25, 0.3) is 0 Å². The molecule has 0 saturated carbocycles. The Kier molecular flexibility index (Phi) is 6.01. The molecule has 3 atom stereocenters. The Morgan fingerprint density at radius 1 is 0.833 bits per heavy atom. The van der Waals surface area contributed by atoms with Gasteiger partial charge in [0.2, 0.25) is 6.29 Å². The molecular weight excluding hydrogens is 304 g/mol. The van der Waals surface area contributed by atoms with Gasteiger partial charge in [-0.05, 0) is 17.2 Å². The van der Waals surface area contributed by atoms with Crippen LogP contribution in [0.3, 0.4) is 0 Å². The first kappa shape index (κ1) is 16.7. The van der Waals surface area contributed by atoms with Crippen molar-refractivity contribution in [1.29, 1.82) is 0 Å². The normalized spacial score (nSPS) is 23.0. The van der Waals surface area contributed by atoms with Crippen LogP contribution < -0.4 is 0 Å². The summed E-state index contributed by atoms with van der Waals surface area (Å²) in [6.45, 7) is 0.991. The number of benzene rings is 2. The fourth-order valence-electron chi connectivity index (χ4n) is 2.59. The van der Waals surface area contributed by atoms with E-state index in [0.29, 0.717) is 13.2 Å². The maximum absolute atomic E-state index is 6.05. The lowest BCUT2D eigenvalue weighted by Crippen LogP contribution is -2.44. The molecule has 0 amide bonds. The lowest BCUT2D eigenvalue weighted by molar-refractivity contribution is -0.213. The van der Waals surface area contributed by atoms with Crippen molar-refractivity contribution in [3.8, 4) is 0 Å². The molecule has 4 nitrogen and oxygen atoms in total. The van der Waals surface area contributed by atoms with Crippen LogP contribution in [0.1, 0.15) is 11.1 Å². The highest BCUT2D eigenvalue weighted by molar-refractivity contribution is 5.14. The van der Waals surface area contributed by atoms with Crippen molar-refractivity contribution in [2.45, 2.75) is 31.7 Å². The fraction of sp³-hybridized carbons (Fsp3) is 0.300. The second-order valence-electron chi connectivity index (χ2n) is 5.59. The van der Waals surface area contributed by atoms with Gasteiger partial charge in [-0.25, -0.2) is 0 Å². The van der Waals surface area contributed by atoms with Gasteiger partial charge >= 0.3 is 0 Å². The molecule has 0 aliphatic carbocycles. The van der Waals surface area contributed by atoms with Crippen molar-refractivity contribution >= 4 is 0 Å². The second kappa shape index (κ2) is 8.64. The molecule has 0 radical (unpaired) electrons. The lowest BCUT2D eigenvalue weighted by atomic mass is 10.1. The quantitative estimate of drug-likeness (QED) is 0.778. The van der Waals surface area contributed by atoms with E-state index in [2.05, 4.69) is 0 Å². The average molecular weight is 326 g/mol. The molecule has 0 aromatic heterocycles. The van der Waals surface area contributed by atoms with E-state index < -0.39 is 6.29 Å². The van der Waals surface area contributed by atoms with Gasteiger partial charge in [-0.3, -0.25) is 0 Å². The van der Waals surface area contributed by atoms with Crippen LogP contribution in [0.15, 0.2) is 73.0 Å². The van der Waals surface area contributed by atoms with Gasteiger partial charge in [-0.15, -0.1) is 0 Å². The molecule has 1 aliphatic rings. The zero-order valence-corrected chi connectivity index (χ0v) is 13.7. The summed E-state index contributed by atoms with van der Waals surface area (Å²) >= 11 is 0. The Morgan fingerprint density at radius 3 is 2.00 bits per heavy atom. The fourth-order valence-corrected chi connectivity index (χ4v) is 2.59. The van der Waals surface area contributed by atoms with E-state index in [1.54, 1.807) is 13.4 Å². The first-order valence-electron chi connectivity index (χ1n) is 8.03. The smallest absolute Gasteiger partial charge is 0.228 e. The number of rotatable bonds is 7. The van der Waals surface area contributed by atoms with E-state index in [9.17, 15) is 0 Å². The zero-order chi connectivity index (χ0) is 16.6. The Balaban J connectivity index is 1.63. The summed E-state index contributed by atoms with van der Waals surface area (Å²) < 4.78 is 23.0. The SMILES string of the molecule is CO[C@H]1OC=CC(OCc2ccccc2)[C@H]1OCc1ccccc1. The minimum absolute atomic E-state index is 0.229. The van der Waals surface area contributed by atoms with Crippen LogP contribution in [0.5, 0.6) is 0 Å². The van der Waals surface area contributed by atoms with Crippen molar-refractivity contribution in [1.82, 2.24) is 0 Å². The predicted molar refractivity (Wildman–Crippen MR) is 91.1 cm³/mol. The monoisotopic (exact) mass is 326 g/mol. The summed E-state index contributed by atoms with van der Waals surface area (Å²) in [5.41, 5.74) is 2.22. The molecule has 2 aromatic carbocycles. The topological polar surface area (TPSA) is 36.9 Å². The summed E-state index contributed by atoms with van der Waals surface area (Å²) in [5, 5.41) is 0. The van der Waals surface area contributed by atoms with Gasteiger partial charge in [-0.2, -0.15) is 0 Å². The number of hydrogen-bond donors (Lipinski definition) is 0. The summed E-state index contributed by atoms with van der Waals surface area (Å²) in [5.74, 6) is 0. The summed E-state index contributed by atoms with van der Waals surface area (Å²) in [4.78, 5) is 0.